The molecule has 1 aliphatic rings. The normalized spacial score (nSPS) is 23.2. The molecule has 1 aliphatic heterocycles. The number of hydrogen-bond donors (Lipinski definition) is 1. The van der Waals surface area contributed by atoms with Crippen LogP contribution in [0.5, 0.6) is 0 Å². The Morgan fingerprint density at radius 2 is 2.25 bits per heavy atom. The molecule has 1 saturated heterocycles. The van der Waals surface area contributed by atoms with Gasteiger partial charge in [-0.3, -0.25) is 0 Å². The highest BCUT2D eigenvalue weighted by Crippen LogP contribution is 2.30. The van der Waals surface area contributed by atoms with Crippen molar-refractivity contribution in [1.29, 1.82) is 0 Å². The number of carboxylic acids is 1. The third-order valence-corrected chi connectivity index (χ3v) is 4.05. The van der Waals surface area contributed by atoms with Crippen molar-refractivity contribution in [3.05, 3.63) is 18.6 Å². The Labute approximate surface area is 117 Å². The lowest BCUT2D eigenvalue weighted by Gasteiger charge is -2.36. The second-order valence-corrected chi connectivity index (χ2v) is 5.53. The van der Waals surface area contributed by atoms with Crippen LogP contribution in [-0.4, -0.2) is 38.2 Å². The van der Waals surface area contributed by atoms with Gasteiger partial charge in [0.1, 0.15) is 11.6 Å². The molecule has 2 atom stereocenters. The maximum absolute atomic E-state index is 11.5. The molecule has 0 aliphatic carbocycles. The fraction of sp³-hybridized carbons (Fsp3) is 0.500. The van der Waals surface area contributed by atoms with Crippen molar-refractivity contribution in [1.82, 2.24) is 14.5 Å². The van der Waals surface area contributed by atoms with E-state index < -0.39 is 12.0 Å². The van der Waals surface area contributed by atoms with E-state index in [2.05, 4.69) is 16.9 Å². The van der Waals surface area contributed by atoms with Gasteiger partial charge in [0.2, 0.25) is 0 Å². The Hall–Kier alpha value is -2.11. The number of rotatable bonds is 2. The van der Waals surface area contributed by atoms with Crippen LogP contribution in [-0.2, 0) is 11.8 Å². The molecule has 0 spiro atoms. The van der Waals surface area contributed by atoms with E-state index in [0.717, 1.165) is 17.5 Å². The number of aromatic nitrogens is 3. The summed E-state index contributed by atoms with van der Waals surface area (Å²) in [5.41, 5.74) is 1.74. The van der Waals surface area contributed by atoms with E-state index in [9.17, 15) is 9.90 Å². The molecule has 1 N–H and O–H groups in total. The molecule has 20 heavy (non-hydrogen) atoms. The fourth-order valence-electron chi connectivity index (χ4n) is 2.89. The number of pyridine rings is 1. The van der Waals surface area contributed by atoms with Crippen molar-refractivity contribution >= 4 is 22.8 Å². The van der Waals surface area contributed by atoms with E-state index in [1.54, 1.807) is 12.5 Å². The lowest BCUT2D eigenvalue weighted by Crippen LogP contribution is -2.47. The van der Waals surface area contributed by atoms with Gasteiger partial charge in [0, 0.05) is 19.8 Å². The lowest BCUT2D eigenvalue weighted by molar-refractivity contribution is -0.139. The summed E-state index contributed by atoms with van der Waals surface area (Å²) in [7, 11) is 1.92. The van der Waals surface area contributed by atoms with E-state index in [4.69, 9.17) is 0 Å². The van der Waals surface area contributed by atoms with Gasteiger partial charge in [0.15, 0.2) is 5.82 Å². The maximum Gasteiger partial charge on any atom is 0.326 e. The first-order chi connectivity index (χ1) is 9.58. The first kappa shape index (κ1) is 12.9. The number of hydrogen-bond acceptors (Lipinski definition) is 4. The molecule has 6 nitrogen and oxygen atoms in total. The molecule has 2 unspecified atom stereocenters. The van der Waals surface area contributed by atoms with Gasteiger partial charge in [-0.1, -0.05) is 6.92 Å². The summed E-state index contributed by atoms with van der Waals surface area (Å²) in [6.45, 7) is 2.81. The average Bonchev–Trinajstić information content (AvgIpc) is 2.81. The summed E-state index contributed by atoms with van der Waals surface area (Å²) in [6, 6.07) is 1.38. The van der Waals surface area contributed by atoms with Crippen LogP contribution in [0.3, 0.4) is 0 Å². The van der Waals surface area contributed by atoms with Crippen LogP contribution in [0.25, 0.3) is 11.0 Å². The number of carbonyl (C=O) groups is 1. The van der Waals surface area contributed by atoms with Crippen LogP contribution in [0, 0.1) is 5.92 Å². The predicted molar refractivity (Wildman–Crippen MR) is 75.7 cm³/mol. The monoisotopic (exact) mass is 274 g/mol. The molecule has 0 radical (unpaired) electrons. The molecule has 0 aromatic carbocycles. The molecular weight excluding hydrogens is 256 g/mol. The Morgan fingerprint density at radius 3 is 3.00 bits per heavy atom. The van der Waals surface area contributed by atoms with E-state index in [1.165, 1.54) is 0 Å². The van der Waals surface area contributed by atoms with Gasteiger partial charge in [0.25, 0.3) is 0 Å². The molecule has 1 fully saturated rings. The molecule has 3 heterocycles. The van der Waals surface area contributed by atoms with E-state index in [0.29, 0.717) is 24.7 Å². The van der Waals surface area contributed by atoms with Gasteiger partial charge >= 0.3 is 5.97 Å². The van der Waals surface area contributed by atoms with Gasteiger partial charge in [-0.2, -0.15) is 0 Å². The second kappa shape index (κ2) is 4.77. The smallest absolute Gasteiger partial charge is 0.326 e. The quantitative estimate of drug-likeness (QED) is 0.901. The molecule has 2 aromatic heterocycles. The first-order valence-electron chi connectivity index (χ1n) is 6.83. The Kier molecular flexibility index (Phi) is 3.08. The minimum Gasteiger partial charge on any atom is -0.480 e. The number of aryl methyl sites for hydroxylation is 1. The molecule has 2 aromatic rings. The van der Waals surface area contributed by atoms with Crippen molar-refractivity contribution in [3.8, 4) is 0 Å². The topological polar surface area (TPSA) is 71.2 Å². The van der Waals surface area contributed by atoms with Gasteiger partial charge in [0.05, 0.1) is 11.8 Å². The zero-order valence-electron chi connectivity index (χ0n) is 11.7. The third kappa shape index (κ3) is 2.01. The summed E-state index contributed by atoms with van der Waals surface area (Å²) < 4.78 is 1.92. The minimum atomic E-state index is -0.786. The standard InChI is InChI=1S/C14H18N4O2/c1-9-4-6-18(11(7-9)14(19)20)13-12-10(3-5-15-13)17(2)8-16-12/h3,5,8-9,11H,4,6-7H2,1-2H3,(H,19,20). The summed E-state index contributed by atoms with van der Waals surface area (Å²) in [5, 5.41) is 9.47. The Bertz CT molecular complexity index is 652. The molecule has 6 heteroatoms. The highest BCUT2D eigenvalue weighted by Gasteiger charge is 2.33. The first-order valence-corrected chi connectivity index (χ1v) is 6.83. The molecular formula is C14H18N4O2. The number of carboxylic acid groups (broad SMARTS) is 1. The predicted octanol–water partition coefficient (Wildman–Crippen LogP) is 1.66. The summed E-state index contributed by atoms with van der Waals surface area (Å²) in [6.07, 6.45) is 5.09. The molecule has 106 valence electrons. The number of aliphatic carboxylic acids is 1. The number of imidazole rings is 1. The van der Waals surface area contributed by atoms with Crippen molar-refractivity contribution < 1.29 is 9.90 Å². The number of nitrogens with zero attached hydrogens (tertiary/aromatic N) is 4. The highest BCUT2D eigenvalue weighted by atomic mass is 16.4. The minimum absolute atomic E-state index is 0.426. The molecule has 0 saturated carbocycles. The van der Waals surface area contributed by atoms with Crippen molar-refractivity contribution in [2.24, 2.45) is 13.0 Å². The zero-order chi connectivity index (χ0) is 14.3. The van der Waals surface area contributed by atoms with E-state index in [-0.39, 0.29) is 0 Å². The van der Waals surface area contributed by atoms with Crippen LogP contribution in [0.2, 0.25) is 0 Å². The largest absolute Gasteiger partial charge is 0.480 e. The van der Waals surface area contributed by atoms with Crippen LogP contribution < -0.4 is 4.90 Å². The van der Waals surface area contributed by atoms with Crippen molar-refractivity contribution in [2.45, 2.75) is 25.8 Å². The van der Waals surface area contributed by atoms with Crippen LogP contribution >= 0.6 is 0 Å². The summed E-state index contributed by atoms with van der Waals surface area (Å²) in [4.78, 5) is 22.2. The molecule has 0 bridgehead atoms. The van der Waals surface area contributed by atoms with Crippen LogP contribution in [0.4, 0.5) is 5.82 Å². The Balaban J connectivity index is 2.07. The molecule has 0 amide bonds. The van der Waals surface area contributed by atoms with E-state index in [1.807, 2.05) is 22.6 Å². The van der Waals surface area contributed by atoms with Crippen molar-refractivity contribution in [2.75, 3.05) is 11.4 Å². The van der Waals surface area contributed by atoms with Gasteiger partial charge in [-0.25, -0.2) is 14.8 Å². The average molecular weight is 274 g/mol. The lowest BCUT2D eigenvalue weighted by atomic mass is 9.92. The Morgan fingerprint density at radius 1 is 1.45 bits per heavy atom. The van der Waals surface area contributed by atoms with Crippen LogP contribution in [0.1, 0.15) is 19.8 Å². The molecule has 3 rings (SSSR count). The zero-order valence-corrected chi connectivity index (χ0v) is 11.7. The number of piperidine rings is 1. The number of fused-ring (bicyclic) bond motifs is 1. The second-order valence-electron chi connectivity index (χ2n) is 5.53. The van der Waals surface area contributed by atoms with Crippen molar-refractivity contribution in [3.63, 3.8) is 0 Å². The fourth-order valence-corrected chi connectivity index (χ4v) is 2.89. The van der Waals surface area contributed by atoms with E-state index >= 15 is 0 Å². The van der Waals surface area contributed by atoms with Gasteiger partial charge in [-0.05, 0) is 24.8 Å². The van der Waals surface area contributed by atoms with Crippen LogP contribution in [0.15, 0.2) is 18.6 Å². The van der Waals surface area contributed by atoms with Gasteiger partial charge < -0.3 is 14.6 Å². The van der Waals surface area contributed by atoms with Gasteiger partial charge in [-0.15, -0.1) is 0 Å². The number of anilines is 1. The summed E-state index contributed by atoms with van der Waals surface area (Å²) >= 11 is 0. The summed E-state index contributed by atoms with van der Waals surface area (Å²) in [5.74, 6) is 0.323. The third-order valence-electron chi connectivity index (χ3n) is 4.05. The highest BCUT2D eigenvalue weighted by molar-refractivity contribution is 5.89. The SMILES string of the molecule is CC1CCN(c2nccc3c2ncn3C)C(C(=O)O)C1. The maximum atomic E-state index is 11.5.